The highest BCUT2D eigenvalue weighted by atomic mass is 16.5. The molecule has 1 fully saturated rings. The average Bonchev–Trinajstić information content (AvgIpc) is 3.21. The minimum Gasteiger partial charge on any atom is -0.468 e. The summed E-state index contributed by atoms with van der Waals surface area (Å²) in [6.45, 7) is -0.258. The third-order valence-corrected chi connectivity index (χ3v) is 3.25. The Balaban J connectivity index is 2.15. The van der Waals surface area contributed by atoms with E-state index in [2.05, 4.69) is 14.9 Å². The Kier molecular flexibility index (Phi) is 2.92. The second-order valence-corrected chi connectivity index (χ2v) is 4.67. The van der Waals surface area contributed by atoms with Crippen molar-refractivity contribution in [3.8, 4) is 6.01 Å². The van der Waals surface area contributed by atoms with Crippen LogP contribution in [0.5, 0.6) is 6.01 Å². The normalized spacial score (nSPS) is 14.5. The Hall–Kier alpha value is -2.38. The number of rotatable bonds is 4. The first-order valence-corrected chi connectivity index (χ1v) is 6.25. The molecular weight excluding hydrogens is 264 g/mol. The van der Waals surface area contributed by atoms with Crippen molar-refractivity contribution in [2.45, 2.75) is 25.3 Å². The van der Waals surface area contributed by atoms with Gasteiger partial charge in [-0.15, -0.1) is 5.10 Å². The number of carbonyl (C=O) groups excluding carboxylic acids is 1. The Morgan fingerprint density at radius 3 is 2.75 bits per heavy atom. The monoisotopic (exact) mass is 278 g/mol. The van der Waals surface area contributed by atoms with E-state index in [1.165, 1.54) is 18.7 Å². The van der Waals surface area contributed by atoms with Crippen LogP contribution in [0, 0.1) is 0 Å². The van der Waals surface area contributed by atoms with E-state index in [1.807, 2.05) is 0 Å². The molecular formula is C12H14N4O4. The van der Waals surface area contributed by atoms with Crippen LogP contribution in [-0.4, -0.2) is 39.6 Å². The second-order valence-electron chi connectivity index (χ2n) is 4.67. The van der Waals surface area contributed by atoms with Gasteiger partial charge in [-0.1, -0.05) is 0 Å². The molecule has 3 rings (SSSR count). The standard InChI is InChI=1S/C12H14N4O4/c1-19-10(17)6-15-11(18)9-5-8(7-3-4-7)13-16(9)12(14-15)20-2/h5,7H,3-4,6H2,1-2H3. The number of methoxy groups -OCH3 is 2. The molecule has 0 aromatic carbocycles. The molecule has 8 nitrogen and oxygen atoms in total. The lowest BCUT2D eigenvalue weighted by atomic mass is 10.3. The number of nitrogens with zero attached hydrogens (tertiary/aromatic N) is 4. The van der Waals surface area contributed by atoms with Crippen LogP contribution in [0.15, 0.2) is 10.9 Å². The third kappa shape index (κ3) is 2.02. The number of aromatic nitrogens is 4. The smallest absolute Gasteiger partial charge is 0.335 e. The van der Waals surface area contributed by atoms with Crippen LogP contribution < -0.4 is 10.3 Å². The van der Waals surface area contributed by atoms with Crippen LogP contribution in [0.4, 0.5) is 0 Å². The number of fused-ring (bicyclic) bond motifs is 1. The fourth-order valence-corrected chi connectivity index (χ4v) is 2.02. The van der Waals surface area contributed by atoms with Gasteiger partial charge in [0.1, 0.15) is 12.1 Å². The Morgan fingerprint density at radius 2 is 2.15 bits per heavy atom. The zero-order chi connectivity index (χ0) is 14.3. The fourth-order valence-electron chi connectivity index (χ4n) is 2.02. The maximum atomic E-state index is 12.3. The highest BCUT2D eigenvalue weighted by molar-refractivity contribution is 5.69. The summed E-state index contributed by atoms with van der Waals surface area (Å²) in [5.74, 6) is -0.138. The largest absolute Gasteiger partial charge is 0.468 e. The van der Waals surface area contributed by atoms with Gasteiger partial charge < -0.3 is 9.47 Å². The summed E-state index contributed by atoms with van der Waals surface area (Å²) in [4.78, 5) is 23.6. The molecule has 20 heavy (non-hydrogen) atoms. The van der Waals surface area contributed by atoms with Gasteiger partial charge >= 0.3 is 12.0 Å². The predicted octanol–water partition coefficient (Wildman–Crippen LogP) is -0.0500. The van der Waals surface area contributed by atoms with E-state index in [0.717, 1.165) is 23.2 Å². The SMILES string of the molecule is COC(=O)Cn1nc(OC)n2nc(C3CC3)cc2c1=O. The van der Waals surface area contributed by atoms with Gasteiger partial charge in [0.05, 0.1) is 19.9 Å². The van der Waals surface area contributed by atoms with Gasteiger partial charge in [-0.3, -0.25) is 9.59 Å². The molecule has 0 atom stereocenters. The van der Waals surface area contributed by atoms with Gasteiger partial charge in [-0.05, 0) is 18.9 Å². The maximum absolute atomic E-state index is 12.3. The van der Waals surface area contributed by atoms with Crippen molar-refractivity contribution in [3.05, 3.63) is 22.1 Å². The molecule has 0 radical (unpaired) electrons. The predicted molar refractivity (Wildman–Crippen MR) is 67.8 cm³/mol. The number of ether oxygens (including phenoxy) is 2. The molecule has 1 aliphatic carbocycles. The van der Waals surface area contributed by atoms with Crippen LogP contribution in [0.2, 0.25) is 0 Å². The van der Waals surface area contributed by atoms with E-state index in [4.69, 9.17) is 4.74 Å². The molecule has 1 saturated carbocycles. The summed E-state index contributed by atoms with van der Waals surface area (Å²) in [6.07, 6.45) is 2.16. The van der Waals surface area contributed by atoms with Crippen molar-refractivity contribution in [1.82, 2.24) is 19.4 Å². The molecule has 106 valence electrons. The van der Waals surface area contributed by atoms with Crippen molar-refractivity contribution < 1.29 is 14.3 Å². The van der Waals surface area contributed by atoms with E-state index in [9.17, 15) is 9.59 Å². The van der Waals surface area contributed by atoms with Gasteiger partial charge in [0.15, 0.2) is 0 Å². The molecule has 0 aliphatic heterocycles. The van der Waals surface area contributed by atoms with E-state index < -0.39 is 11.5 Å². The fraction of sp³-hybridized carbons (Fsp3) is 0.500. The van der Waals surface area contributed by atoms with Crippen LogP contribution >= 0.6 is 0 Å². The first-order valence-electron chi connectivity index (χ1n) is 6.25. The van der Waals surface area contributed by atoms with Crippen molar-refractivity contribution >= 4 is 11.5 Å². The minimum absolute atomic E-state index is 0.162. The Bertz CT molecular complexity index is 729. The first-order chi connectivity index (χ1) is 9.63. The summed E-state index contributed by atoms with van der Waals surface area (Å²) in [7, 11) is 2.69. The molecule has 0 N–H and O–H groups in total. The molecule has 0 bridgehead atoms. The first kappa shape index (κ1) is 12.6. The lowest BCUT2D eigenvalue weighted by Crippen LogP contribution is -2.29. The van der Waals surface area contributed by atoms with Gasteiger partial charge in [0, 0.05) is 5.92 Å². The second kappa shape index (κ2) is 4.62. The van der Waals surface area contributed by atoms with E-state index in [0.29, 0.717) is 11.4 Å². The van der Waals surface area contributed by atoms with E-state index in [-0.39, 0.29) is 12.6 Å². The van der Waals surface area contributed by atoms with Crippen molar-refractivity contribution in [2.75, 3.05) is 14.2 Å². The minimum atomic E-state index is -0.548. The number of esters is 1. The summed E-state index contributed by atoms with van der Waals surface area (Å²) in [5, 5.41) is 8.33. The highest BCUT2D eigenvalue weighted by Gasteiger charge is 2.28. The van der Waals surface area contributed by atoms with Crippen molar-refractivity contribution in [3.63, 3.8) is 0 Å². The van der Waals surface area contributed by atoms with Crippen LogP contribution in [0.25, 0.3) is 5.52 Å². The van der Waals surface area contributed by atoms with Gasteiger partial charge in [-0.2, -0.15) is 9.61 Å². The average molecular weight is 278 g/mol. The van der Waals surface area contributed by atoms with E-state index >= 15 is 0 Å². The topological polar surface area (TPSA) is 87.7 Å². The number of hydrogen-bond acceptors (Lipinski definition) is 6. The van der Waals surface area contributed by atoms with Gasteiger partial charge in [-0.25, -0.2) is 4.68 Å². The summed E-state index contributed by atoms with van der Waals surface area (Å²) in [5.41, 5.74) is 0.816. The van der Waals surface area contributed by atoms with Crippen LogP contribution in [0.1, 0.15) is 24.5 Å². The summed E-state index contributed by atoms with van der Waals surface area (Å²) < 4.78 is 12.1. The summed E-state index contributed by atoms with van der Waals surface area (Å²) in [6, 6.07) is 1.90. The lowest BCUT2D eigenvalue weighted by molar-refractivity contribution is -0.141. The Morgan fingerprint density at radius 1 is 1.40 bits per heavy atom. The molecule has 1 aliphatic rings. The molecule has 0 amide bonds. The maximum Gasteiger partial charge on any atom is 0.335 e. The van der Waals surface area contributed by atoms with Gasteiger partial charge in [0.25, 0.3) is 5.56 Å². The van der Waals surface area contributed by atoms with E-state index in [1.54, 1.807) is 6.07 Å². The molecule has 8 heteroatoms. The summed E-state index contributed by atoms with van der Waals surface area (Å²) >= 11 is 0. The Labute approximate surface area is 113 Å². The molecule has 2 heterocycles. The third-order valence-electron chi connectivity index (χ3n) is 3.25. The molecule has 2 aromatic rings. The molecule has 0 spiro atoms. The highest BCUT2D eigenvalue weighted by Crippen LogP contribution is 2.39. The van der Waals surface area contributed by atoms with Crippen LogP contribution in [0.3, 0.4) is 0 Å². The number of carbonyl (C=O) groups is 1. The number of hydrogen-bond donors (Lipinski definition) is 0. The van der Waals surface area contributed by atoms with Gasteiger partial charge in [0.2, 0.25) is 0 Å². The zero-order valence-electron chi connectivity index (χ0n) is 11.2. The molecule has 2 aromatic heterocycles. The van der Waals surface area contributed by atoms with Crippen molar-refractivity contribution in [2.24, 2.45) is 0 Å². The zero-order valence-corrected chi connectivity index (χ0v) is 11.2. The van der Waals surface area contributed by atoms with Crippen molar-refractivity contribution in [1.29, 1.82) is 0 Å². The van der Waals surface area contributed by atoms with Crippen LogP contribution in [-0.2, 0) is 16.1 Å². The lowest BCUT2D eigenvalue weighted by Gasteiger charge is -2.06. The molecule has 0 unspecified atom stereocenters. The quantitative estimate of drug-likeness (QED) is 0.729. The molecule has 0 saturated heterocycles.